The Bertz CT molecular complexity index is 1080. The van der Waals surface area contributed by atoms with E-state index in [4.69, 9.17) is 0 Å². The summed E-state index contributed by atoms with van der Waals surface area (Å²) in [7, 11) is 4.99. The average Bonchev–Trinajstić information content (AvgIpc) is 2.85. The van der Waals surface area contributed by atoms with E-state index in [-0.39, 0.29) is 17.3 Å². The summed E-state index contributed by atoms with van der Waals surface area (Å²) >= 11 is 0. The van der Waals surface area contributed by atoms with Gasteiger partial charge in [0.25, 0.3) is 11.5 Å². The van der Waals surface area contributed by atoms with Gasteiger partial charge in [-0.1, -0.05) is 30.3 Å². The lowest BCUT2D eigenvalue weighted by molar-refractivity contribution is -0.124. The molecule has 0 bridgehead atoms. The highest BCUT2D eigenvalue weighted by Crippen LogP contribution is 2.24. The van der Waals surface area contributed by atoms with Crippen LogP contribution in [0.1, 0.15) is 17.5 Å². The van der Waals surface area contributed by atoms with Gasteiger partial charge in [-0.2, -0.15) is 5.10 Å². The number of likely N-dealkylation sites (N-methyl/N-ethyl adjacent to an activating group) is 1. The van der Waals surface area contributed by atoms with Crippen LogP contribution < -0.4 is 15.8 Å². The second-order valence-corrected chi connectivity index (χ2v) is 7.48. The lowest BCUT2D eigenvalue weighted by atomic mass is 10.1. The third kappa shape index (κ3) is 5.06. The number of rotatable bonds is 4. The Labute approximate surface area is 180 Å². The van der Waals surface area contributed by atoms with Crippen LogP contribution in [0.25, 0.3) is 0 Å². The van der Waals surface area contributed by atoms with Gasteiger partial charge >= 0.3 is 0 Å². The third-order valence-corrected chi connectivity index (χ3v) is 5.16. The fraction of sp³-hybridized carbons (Fsp3) is 0.318. The van der Waals surface area contributed by atoms with E-state index < -0.39 is 11.9 Å². The molecule has 0 aliphatic carbocycles. The van der Waals surface area contributed by atoms with Crippen molar-refractivity contribution in [1.29, 1.82) is 0 Å². The monoisotopic (exact) mass is 422 g/mol. The average molecular weight is 422 g/mol. The molecule has 1 aromatic carbocycles. The Hall–Kier alpha value is -3.75. The van der Waals surface area contributed by atoms with Crippen molar-refractivity contribution in [3.05, 3.63) is 64.1 Å². The van der Waals surface area contributed by atoms with Gasteiger partial charge in [0.05, 0.1) is 12.2 Å². The minimum Gasteiger partial charge on any atom is -0.337 e. The van der Waals surface area contributed by atoms with Crippen LogP contribution in [0.4, 0.5) is 5.69 Å². The number of amidine groups is 1. The molecule has 1 aliphatic heterocycles. The van der Waals surface area contributed by atoms with Crippen LogP contribution >= 0.6 is 0 Å². The molecule has 9 heteroatoms. The van der Waals surface area contributed by atoms with Crippen LogP contribution in [-0.2, 0) is 29.6 Å². The summed E-state index contributed by atoms with van der Waals surface area (Å²) in [6.45, 7) is 3.93. The highest BCUT2D eigenvalue weighted by atomic mass is 16.2. The topological polar surface area (TPSA) is 99.4 Å². The van der Waals surface area contributed by atoms with E-state index in [2.05, 4.69) is 22.1 Å². The molecule has 2 aromatic rings. The highest BCUT2D eigenvalue weighted by Gasteiger charge is 2.30. The molecule has 0 fully saturated rings. The number of nitrogens with one attached hydrogen (secondary N) is 1. The largest absolute Gasteiger partial charge is 0.337 e. The van der Waals surface area contributed by atoms with E-state index in [1.807, 2.05) is 30.3 Å². The molecule has 1 aliphatic rings. The Kier molecular flexibility index (Phi) is 6.64. The van der Waals surface area contributed by atoms with E-state index >= 15 is 0 Å². The van der Waals surface area contributed by atoms with Gasteiger partial charge in [0, 0.05) is 33.4 Å². The maximum Gasteiger partial charge on any atom is 0.291 e. The highest BCUT2D eigenvalue weighted by molar-refractivity contribution is 6.39. The molecule has 31 heavy (non-hydrogen) atoms. The lowest BCUT2D eigenvalue weighted by Crippen LogP contribution is -2.48. The van der Waals surface area contributed by atoms with E-state index in [9.17, 15) is 14.4 Å². The van der Waals surface area contributed by atoms with Crippen LogP contribution in [-0.4, -0.2) is 54.1 Å². The predicted molar refractivity (Wildman–Crippen MR) is 120 cm³/mol. The first-order chi connectivity index (χ1) is 14.8. The number of benzene rings is 1. The summed E-state index contributed by atoms with van der Waals surface area (Å²) in [6.07, 6.45) is 2.65. The van der Waals surface area contributed by atoms with Gasteiger partial charge in [-0.25, -0.2) is 4.99 Å². The molecule has 9 nitrogen and oxygen atoms in total. The number of amides is 2. The maximum absolute atomic E-state index is 12.9. The number of nitrogens with zero attached hydrogens (tertiary/aromatic N) is 5. The standard InChI is InChI=1S/C22H26N6O3/c1-23-20(25-27(3)13-15-8-6-5-7-9-15)21(30)24-17-11-10-16-14-26(2)19(29)12-18(16)28(4)22(17)31/h5-9,12,14,17H,1,10-11,13H2,2-4H3,(H,24,30)/b25-20-/t17-/m0/s1. The molecule has 3 rings (SSSR count). The fourth-order valence-corrected chi connectivity index (χ4v) is 3.51. The van der Waals surface area contributed by atoms with Crippen LogP contribution in [0.15, 0.2) is 57.5 Å². The quantitative estimate of drug-likeness (QED) is 0.450. The summed E-state index contributed by atoms with van der Waals surface area (Å²) in [5.74, 6) is -1.01. The molecular formula is C22H26N6O3. The number of carbonyl (C=O) groups excluding carboxylic acids is 2. The Balaban J connectivity index is 1.73. The molecule has 0 unspecified atom stereocenters. The summed E-state index contributed by atoms with van der Waals surface area (Å²) in [5.41, 5.74) is 2.26. The zero-order chi connectivity index (χ0) is 22.5. The molecule has 0 saturated heterocycles. The number of aryl methyl sites for hydroxylation is 2. The van der Waals surface area contributed by atoms with Gasteiger partial charge in [-0.3, -0.25) is 19.4 Å². The zero-order valence-electron chi connectivity index (χ0n) is 17.9. The first-order valence-electron chi connectivity index (χ1n) is 9.88. The molecule has 1 aromatic heterocycles. The normalized spacial score (nSPS) is 16.4. The van der Waals surface area contributed by atoms with Crippen molar-refractivity contribution in [3.63, 3.8) is 0 Å². The van der Waals surface area contributed by atoms with Gasteiger partial charge in [0.15, 0.2) is 0 Å². The molecule has 162 valence electrons. The maximum atomic E-state index is 12.9. The number of aromatic nitrogens is 1. The van der Waals surface area contributed by atoms with Crippen molar-refractivity contribution in [2.75, 3.05) is 19.0 Å². The molecule has 0 saturated carbocycles. The number of fused-ring (bicyclic) bond motifs is 1. The number of pyridine rings is 1. The molecular weight excluding hydrogens is 396 g/mol. The molecule has 2 amide bonds. The van der Waals surface area contributed by atoms with Crippen molar-refractivity contribution in [1.82, 2.24) is 14.9 Å². The summed E-state index contributed by atoms with van der Waals surface area (Å²) in [4.78, 5) is 42.8. The Morgan fingerprint density at radius 2 is 1.97 bits per heavy atom. The van der Waals surface area contributed by atoms with E-state index in [1.54, 1.807) is 32.3 Å². The van der Waals surface area contributed by atoms with Crippen LogP contribution in [0.2, 0.25) is 0 Å². The second kappa shape index (κ2) is 9.38. The second-order valence-electron chi connectivity index (χ2n) is 7.48. The first kappa shape index (κ1) is 21.9. The van der Waals surface area contributed by atoms with Gasteiger partial charge in [-0.15, -0.1) is 0 Å². The molecule has 0 spiro atoms. The first-order valence-corrected chi connectivity index (χ1v) is 9.88. The lowest BCUT2D eigenvalue weighted by Gasteiger charge is -2.22. The number of carbonyl (C=O) groups is 2. The van der Waals surface area contributed by atoms with Gasteiger partial charge in [-0.05, 0) is 30.7 Å². The molecule has 1 atom stereocenters. The van der Waals surface area contributed by atoms with Gasteiger partial charge in [0.1, 0.15) is 6.04 Å². The minimum absolute atomic E-state index is 0.121. The van der Waals surface area contributed by atoms with Gasteiger partial charge in [0.2, 0.25) is 11.7 Å². The summed E-state index contributed by atoms with van der Waals surface area (Å²) in [6, 6.07) is 10.4. The molecule has 2 heterocycles. The van der Waals surface area contributed by atoms with Crippen molar-refractivity contribution in [2.24, 2.45) is 17.1 Å². The molecule has 0 radical (unpaired) electrons. The smallest absolute Gasteiger partial charge is 0.291 e. The van der Waals surface area contributed by atoms with Crippen molar-refractivity contribution < 1.29 is 9.59 Å². The predicted octanol–water partition coefficient (Wildman–Crippen LogP) is 0.925. The van der Waals surface area contributed by atoms with Crippen LogP contribution in [0, 0.1) is 0 Å². The fourth-order valence-electron chi connectivity index (χ4n) is 3.51. The van der Waals surface area contributed by atoms with Crippen LogP contribution in [0.5, 0.6) is 0 Å². The van der Waals surface area contributed by atoms with E-state index in [0.717, 1.165) is 11.1 Å². The van der Waals surface area contributed by atoms with E-state index in [0.29, 0.717) is 25.1 Å². The minimum atomic E-state index is -0.767. The van der Waals surface area contributed by atoms with Crippen molar-refractivity contribution in [2.45, 2.75) is 25.4 Å². The van der Waals surface area contributed by atoms with Crippen LogP contribution in [0.3, 0.4) is 0 Å². The summed E-state index contributed by atoms with van der Waals surface area (Å²) < 4.78 is 1.48. The van der Waals surface area contributed by atoms with Crippen molar-refractivity contribution in [3.8, 4) is 0 Å². The summed E-state index contributed by atoms with van der Waals surface area (Å²) in [5, 5.41) is 8.53. The molecule has 1 N–H and O–H groups in total. The number of aliphatic imine (C=N–C) groups is 1. The number of hydrogen-bond acceptors (Lipinski definition) is 5. The van der Waals surface area contributed by atoms with E-state index in [1.165, 1.54) is 15.5 Å². The zero-order valence-corrected chi connectivity index (χ0v) is 17.9. The third-order valence-electron chi connectivity index (χ3n) is 5.16. The number of hydrogen-bond donors (Lipinski definition) is 1. The Morgan fingerprint density at radius 1 is 1.26 bits per heavy atom. The Morgan fingerprint density at radius 3 is 2.65 bits per heavy atom. The number of anilines is 1. The number of hydrazone groups is 1. The van der Waals surface area contributed by atoms with Gasteiger partial charge < -0.3 is 14.8 Å². The van der Waals surface area contributed by atoms with Crippen molar-refractivity contribution >= 4 is 30.1 Å². The SMILES string of the molecule is C=N/C(=N\N(C)Cc1ccccc1)C(=O)N[C@H]1CCc2cn(C)c(=O)cc2N(C)C1=O.